The van der Waals surface area contributed by atoms with Crippen LogP contribution in [0.3, 0.4) is 0 Å². The van der Waals surface area contributed by atoms with Crippen LogP contribution in [-0.4, -0.2) is 14.6 Å². The van der Waals surface area contributed by atoms with Gasteiger partial charge in [0.1, 0.15) is 0 Å². The second-order valence-corrected chi connectivity index (χ2v) is 7.00. The molecule has 3 unspecified atom stereocenters. The predicted octanol–water partition coefficient (Wildman–Crippen LogP) is 3.80. The summed E-state index contributed by atoms with van der Waals surface area (Å²) in [6.07, 6.45) is 9.41. The maximum atomic E-state index is 4.26. The van der Waals surface area contributed by atoms with E-state index in [0.717, 1.165) is 17.8 Å². The van der Waals surface area contributed by atoms with Crippen LogP contribution in [-0.2, 0) is 13.5 Å². The number of aromatic nitrogens is 2. The van der Waals surface area contributed by atoms with Crippen molar-refractivity contribution in [1.29, 1.82) is 0 Å². The molecule has 3 atom stereocenters. The number of alkyl halides is 1. The summed E-state index contributed by atoms with van der Waals surface area (Å²) in [6, 6.07) is 0. The molecule has 1 fully saturated rings. The highest BCUT2D eigenvalue weighted by molar-refractivity contribution is 9.09. The first-order valence-corrected chi connectivity index (χ1v) is 7.59. The van der Waals surface area contributed by atoms with Crippen LogP contribution >= 0.6 is 15.9 Å². The lowest BCUT2D eigenvalue weighted by molar-refractivity contribution is 0.223. The average molecular weight is 299 g/mol. The van der Waals surface area contributed by atoms with Crippen molar-refractivity contribution >= 4 is 15.9 Å². The number of hydrogen-bond acceptors (Lipinski definition) is 1. The molecule has 17 heavy (non-hydrogen) atoms. The maximum absolute atomic E-state index is 4.26. The van der Waals surface area contributed by atoms with E-state index in [-0.39, 0.29) is 0 Å². The van der Waals surface area contributed by atoms with Crippen LogP contribution in [0, 0.1) is 17.8 Å². The molecule has 1 aromatic rings. The van der Waals surface area contributed by atoms with Gasteiger partial charge >= 0.3 is 0 Å². The zero-order valence-corrected chi connectivity index (χ0v) is 12.7. The molecule has 2 nitrogen and oxygen atoms in total. The summed E-state index contributed by atoms with van der Waals surface area (Å²) in [4.78, 5) is 0.692. The van der Waals surface area contributed by atoms with Crippen LogP contribution in [0.1, 0.15) is 38.7 Å². The number of halogens is 1. The lowest BCUT2D eigenvalue weighted by Gasteiger charge is -2.35. The van der Waals surface area contributed by atoms with Gasteiger partial charge in [0.2, 0.25) is 0 Å². The van der Waals surface area contributed by atoms with E-state index in [2.05, 4.69) is 41.1 Å². The summed E-state index contributed by atoms with van der Waals surface area (Å²) in [5.41, 5.74) is 1.38. The SMILES string of the molecule is CC(C)C1CCC(Br)C(Cc2cnn(C)c2)C1. The molecule has 0 saturated heterocycles. The molecule has 0 bridgehead atoms. The number of nitrogens with zero attached hydrogens (tertiary/aromatic N) is 2. The summed E-state index contributed by atoms with van der Waals surface area (Å²) in [6.45, 7) is 4.72. The Bertz CT molecular complexity index is 359. The standard InChI is InChI=1S/C14H23BrN2/c1-10(2)12-4-5-14(15)13(7-12)6-11-8-16-17(3)9-11/h8-10,12-14H,4-7H2,1-3H3. The fraction of sp³-hybridized carbons (Fsp3) is 0.786. The lowest BCUT2D eigenvalue weighted by Crippen LogP contribution is -2.29. The van der Waals surface area contributed by atoms with E-state index in [1.165, 1.54) is 31.2 Å². The molecule has 2 rings (SSSR count). The molecule has 0 amide bonds. The van der Waals surface area contributed by atoms with E-state index in [1.807, 2.05) is 17.9 Å². The van der Waals surface area contributed by atoms with Crippen LogP contribution < -0.4 is 0 Å². The van der Waals surface area contributed by atoms with Crippen LogP contribution in [0.25, 0.3) is 0 Å². The van der Waals surface area contributed by atoms with Gasteiger partial charge in [-0.25, -0.2) is 0 Å². The van der Waals surface area contributed by atoms with Crippen LogP contribution in [0.5, 0.6) is 0 Å². The van der Waals surface area contributed by atoms with Gasteiger partial charge < -0.3 is 0 Å². The average Bonchev–Trinajstić information content (AvgIpc) is 2.67. The minimum atomic E-state index is 0.692. The van der Waals surface area contributed by atoms with Gasteiger partial charge in [0, 0.05) is 18.1 Å². The lowest BCUT2D eigenvalue weighted by atomic mass is 9.74. The predicted molar refractivity (Wildman–Crippen MR) is 75.3 cm³/mol. The van der Waals surface area contributed by atoms with Gasteiger partial charge in [-0.3, -0.25) is 4.68 Å². The normalized spacial score (nSPS) is 29.8. The first-order chi connectivity index (χ1) is 8.06. The van der Waals surface area contributed by atoms with Gasteiger partial charge in [-0.2, -0.15) is 5.10 Å². The molecule has 96 valence electrons. The Morgan fingerprint density at radius 2 is 2.24 bits per heavy atom. The van der Waals surface area contributed by atoms with Crippen molar-refractivity contribution in [2.75, 3.05) is 0 Å². The van der Waals surface area contributed by atoms with Gasteiger partial charge in [0.05, 0.1) is 6.20 Å². The molecule has 0 spiro atoms. The third-order valence-corrected chi connectivity index (χ3v) is 5.33. The first-order valence-electron chi connectivity index (χ1n) is 6.68. The van der Waals surface area contributed by atoms with Crippen molar-refractivity contribution in [3.05, 3.63) is 18.0 Å². The summed E-state index contributed by atoms with van der Waals surface area (Å²) in [5.74, 6) is 2.51. The molecule has 1 aliphatic rings. The first kappa shape index (κ1) is 13.1. The Morgan fingerprint density at radius 1 is 1.47 bits per heavy atom. The highest BCUT2D eigenvalue weighted by Crippen LogP contribution is 2.38. The molecule has 1 saturated carbocycles. The van der Waals surface area contributed by atoms with Gasteiger partial charge in [-0.1, -0.05) is 29.8 Å². The molecule has 0 radical (unpaired) electrons. The number of rotatable bonds is 3. The molecule has 1 aromatic heterocycles. The van der Waals surface area contributed by atoms with Crippen molar-refractivity contribution in [2.24, 2.45) is 24.8 Å². The molecule has 1 aliphatic carbocycles. The zero-order valence-electron chi connectivity index (χ0n) is 11.1. The third kappa shape index (κ3) is 3.34. The minimum Gasteiger partial charge on any atom is -0.276 e. The van der Waals surface area contributed by atoms with Crippen molar-refractivity contribution in [2.45, 2.75) is 44.4 Å². The molecule has 0 aromatic carbocycles. The van der Waals surface area contributed by atoms with Gasteiger partial charge in [0.15, 0.2) is 0 Å². The Labute approximate surface area is 113 Å². The van der Waals surface area contributed by atoms with Crippen molar-refractivity contribution in [1.82, 2.24) is 9.78 Å². The van der Waals surface area contributed by atoms with Gasteiger partial charge in [-0.15, -0.1) is 0 Å². The van der Waals surface area contributed by atoms with E-state index < -0.39 is 0 Å². The molecular weight excluding hydrogens is 276 g/mol. The van der Waals surface area contributed by atoms with Crippen molar-refractivity contribution < 1.29 is 0 Å². The number of hydrogen-bond donors (Lipinski definition) is 0. The van der Waals surface area contributed by atoms with E-state index in [0.29, 0.717) is 4.83 Å². The van der Waals surface area contributed by atoms with E-state index in [9.17, 15) is 0 Å². The Hall–Kier alpha value is -0.310. The monoisotopic (exact) mass is 298 g/mol. The minimum absolute atomic E-state index is 0.692. The Balaban J connectivity index is 1.98. The van der Waals surface area contributed by atoms with Crippen molar-refractivity contribution in [3.63, 3.8) is 0 Å². The topological polar surface area (TPSA) is 17.8 Å². The van der Waals surface area contributed by atoms with Crippen molar-refractivity contribution in [3.8, 4) is 0 Å². The van der Waals surface area contributed by atoms with E-state index in [1.54, 1.807) is 0 Å². The van der Waals surface area contributed by atoms with Gasteiger partial charge in [-0.05, 0) is 49.0 Å². The van der Waals surface area contributed by atoms with E-state index in [4.69, 9.17) is 0 Å². The molecule has 1 heterocycles. The molecule has 0 aliphatic heterocycles. The van der Waals surface area contributed by atoms with Gasteiger partial charge in [0.25, 0.3) is 0 Å². The fourth-order valence-corrected chi connectivity index (χ4v) is 3.63. The molecular formula is C14H23BrN2. The zero-order chi connectivity index (χ0) is 12.4. The van der Waals surface area contributed by atoms with Crippen LogP contribution in [0.4, 0.5) is 0 Å². The maximum Gasteiger partial charge on any atom is 0.0521 e. The fourth-order valence-electron chi connectivity index (χ4n) is 2.96. The van der Waals surface area contributed by atoms with Crippen LogP contribution in [0.2, 0.25) is 0 Å². The summed E-state index contributed by atoms with van der Waals surface area (Å²) >= 11 is 3.87. The summed E-state index contributed by atoms with van der Waals surface area (Å²) in [7, 11) is 1.99. The summed E-state index contributed by atoms with van der Waals surface area (Å²) in [5, 5.41) is 4.26. The number of aryl methyl sites for hydroxylation is 1. The molecule has 0 N–H and O–H groups in total. The summed E-state index contributed by atoms with van der Waals surface area (Å²) < 4.78 is 1.90. The smallest absolute Gasteiger partial charge is 0.0521 e. The quantitative estimate of drug-likeness (QED) is 0.776. The largest absolute Gasteiger partial charge is 0.276 e. The Morgan fingerprint density at radius 3 is 2.82 bits per heavy atom. The highest BCUT2D eigenvalue weighted by Gasteiger charge is 2.30. The highest BCUT2D eigenvalue weighted by atomic mass is 79.9. The Kier molecular flexibility index (Phi) is 4.29. The second-order valence-electron chi connectivity index (χ2n) is 5.82. The second kappa shape index (κ2) is 5.55. The molecule has 3 heteroatoms. The van der Waals surface area contributed by atoms with Crippen LogP contribution in [0.15, 0.2) is 12.4 Å². The third-order valence-electron chi connectivity index (χ3n) is 4.13. The van der Waals surface area contributed by atoms with E-state index >= 15 is 0 Å².